The highest BCUT2D eigenvalue weighted by Crippen LogP contribution is 2.35. The summed E-state index contributed by atoms with van der Waals surface area (Å²) in [4.78, 5) is 0. The van der Waals surface area contributed by atoms with Crippen LogP contribution < -0.4 is 0 Å². The number of allylic oxidation sites excluding steroid dienone is 4. The number of alkyl halides is 1. The molecule has 0 N–H and O–H groups in total. The van der Waals surface area contributed by atoms with E-state index in [4.69, 9.17) is 21.1 Å². The van der Waals surface area contributed by atoms with E-state index in [0.717, 1.165) is 19.3 Å². The fraction of sp³-hybridized carbons (Fsp3) is 0.900. The molecule has 1 fully saturated rings. The largest absolute Gasteiger partial charge is 0.347 e. The molecule has 1 heterocycles. The van der Waals surface area contributed by atoms with E-state index in [-0.39, 0.29) is 11.9 Å². The van der Waals surface area contributed by atoms with Crippen LogP contribution >= 0.6 is 11.6 Å². The van der Waals surface area contributed by atoms with Crippen molar-refractivity contribution in [1.82, 2.24) is 0 Å². The molecule has 254 valence electrons. The Bertz CT molecular complexity index is 618. The smallest absolute Gasteiger partial charge is 0.168 e. The molecule has 0 bridgehead atoms. The number of rotatable bonds is 33. The Morgan fingerprint density at radius 3 is 1.30 bits per heavy atom. The lowest BCUT2D eigenvalue weighted by atomic mass is 9.98. The zero-order valence-electron chi connectivity index (χ0n) is 29.2. The maximum Gasteiger partial charge on any atom is 0.168 e. The second kappa shape index (κ2) is 31.7. The quantitative estimate of drug-likeness (QED) is 0.0411. The molecule has 1 aliphatic rings. The molecular weight excluding hydrogens is 548 g/mol. The van der Waals surface area contributed by atoms with Gasteiger partial charge in [0, 0.05) is 12.8 Å². The van der Waals surface area contributed by atoms with Gasteiger partial charge >= 0.3 is 0 Å². The Hall–Kier alpha value is -0.310. The molecule has 2 unspecified atom stereocenters. The molecular formula is C40H75ClO2. The molecule has 1 aliphatic heterocycles. The Kier molecular flexibility index (Phi) is 30.0. The molecule has 0 aliphatic carbocycles. The lowest BCUT2D eigenvalue weighted by Gasteiger charge is -2.28. The molecule has 2 atom stereocenters. The van der Waals surface area contributed by atoms with Crippen molar-refractivity contribution in [2.45, 2.75) is 218 Å². The summed E-state index contributed by atoms with van der Waals surface area (Å²) < 4.78 is 12.7. The standard InChI is InChI=1S/C40H75ClO2/c1-3-5-7-9-11-13-15-17-19-21-23-25-27-29-31-33-35-40(42-38-39(37-41)43-40)36-34-32-30-28-26-24-22-20-18-16-14-12-10-8-6-4-2/h11,13,17,19,39H,3-10,12,14-16,18,20-38H2,1-2H3. The van der Waals surface area contributed by atoms with Crippen molar-refractivity contribution in [2.75, 3.05) is 12.5 Å². The van der Waals surface area contributed by atoms with Crippen molar-refractivity contribution in [2.24, 2.45) is 0 Å². The summed E-state index contributed by atoms with van der Waals surface area (Å²) in [7, 11) is 0. The second-order valence-electron chi connectivity index (χ2n) is 13.5. The summed E-state index contributed by atoms with van der Waals surface area (Å²) in [5.41, 5.74) is 0. The summed E-state index contributed by atoms with van der Waals surface area (Å²) in [5.74, 6) is 0.190. The van der Waals surface area contributed by atoms with Gasteiger partial charge in [0.25, 0.3) is 0 Å². The van der Waals surface area contributed by atoms with Crippen LogP contribution in [0.15, 0.2) is 24.3 Å². The Labute approximate surface area is 275 Å². The van der Waals surface area contributed by atoms with E-state index < -0.39 is 0 Å². The summed E-state index contributed by atoms with van der Waals surface area (Å²) >= 11 is 6.13. The maximum absolute atomic E-state index is 6.38. The summed E-state index contributed by atoms with van der Waals surface area (Å²) in [6.07, 6.45) is 49.5. The van der Waals surface area contributed by atoms with Gasteiger partial charge in [-0.15, -0.1) is 11.6 Å². The third kappa shape index (κ3) is 25.6. The van der Waals surface area contributed by atoms with Crippen LogP contribution in [0.4, 0.5) is 0 Å². The molecule has 0 radical (unpaired) electrons. The van der Waals surface area contributed by atoms with Gasteiger partial charge in [0.1, 0.15) is 0 Å². The van der Waals surface area contributed by atoms with Gasteiger partial charge in [-0.25, -0.2) is 0 Å². The minimum atomic E-state index is -0.356. The fourth-order valence-corrected chi connectivity index (χ4v) is 6.56. The lowest BCUT2D eigenvalue weighted by Crippen LogP contribution is -2.31. The first-order valence-electron chi connectivity index (χ1n) is 19.4. The van der Waals surface area contributed by atoms with Crippen LogP contribution in [-0.2, 0) is 9.47 Å². The number of hydrogen-bond donors (Lipinski definition) is 0. The third-order valence-electron chi connectivity index (χ3n) is 9.26. The highest BCUT2D eigenvalue weighted by atomic mass is 35.5. The van der Waals surface area contributed by atoms with Crippen LogP contribution in [0.5, 0.6) is 0 Å². The average Bonchev–Trinajstić information content (AvgIpc) is 3.44. The molecule has 1 saturated heterocycles. The van der Waals surface area contributed by atoms with Crippen LogP contribution in [0.25, 0.3) is 0 Å². The van der Waals surface area contributed by atoms with Crippen LogP contribution in [0.2, 0.25) is 0 Å². The van der Waals surface area contributed by atoms with E-state index in [1.165, 1.54) is 173 Å². The Morgan fingerprint density at radius 1 is 0.512 bits per heavy atom. The van der Waals surface area contributed by atoms with Crippen LogP contribution in [0.1, 0.15) is 206 Å². The summed E-state index contributed by atoms with van der Waals surface area (Å²) in [5, 5.41) is 0. The topological polar surface area (TPSA) is 18.5 Å². The average molecular weight is 623 g/mol. The molecule has 2 nitrogen and oxygen atoms in total. The first-order chi connectivity index (χ1) is 21.3. The normalized spacial score (nSPS) is 19.0. The van der Waals surface area contributed by atoms with E-state index in [9.17, 15) is 0 Å². The minimum absolute atomic E-state index is 0.0762. The summed E-state index contributed by atoms with van der Waals surface area (Å²) in [6, 6.07) is 0. The SMILES string of the molecule is CCCCCC=CCC=CCCCCCCCCC1(CCCCCCCCCCCCCCCCCC)OCC(CCl)O1. The van der Waals surface area contributed by atoms with Gasteiger partial charge in [-0.2, -0.15) is 0 Å². The maximum atomic E-state index is 6.38. The number of hydrogen-bond acceptors (Lipinski definition) is 2. The highest BCUT2D eigenvalue weighted by molar-refractivity contribution is 6.18. The molecule has 3 heteroatoms. The third-order valence-corrected chi connectivity index (χ3v) is 9.60. The molecule has 0 amide bonds. The molecule has 43 heavy (non-hydrogen) atoms. The second-order valence-corrected chi connectivity index (χ2v) is 13.8. The van der Waals surface area contributed by atoms with Gasteiger partial charge in [-0.3, -0.25) is 0 Å². The van der Waals surface area contributed by atoms with Gasteiger partial charge in [0.2, 0.25) is 0 Å². The molecule has 0 aromatic carbocycles. The Balaban J connectivity index is 1.99. The van der Waals surface area contributed by atoms with E-state index >= 15 is 0 Å². The van der Waals surface area contributed by atoms with Gasteiger partial charge in [-0.1, -0.05) is 173 Å². The first-order valence-corrected chi connectivity index (χ1v) is 20.0. The fourth-order valence-electron chi connectivity index (χ4n) is 6.40. The Morgan fingerprint density at radius 2 is 0.884 bits per heavy atom. The number of halogens is 1. The van der Waals surface area contributed by atoms with Crippen LogP contribution in [0.3, 0.4) is 0 Å². The zero-order valence-corrected chi connectivity index (χ0v) is 30.0. The van der Waals surface area contributed by atoms with Gasteiger partial charge in [0.05, 0.1) is 18.6 Å². The number of unbranched alkanes of at least 4 members (excludes halogenated alkanes) is 24. The van der Waals surface area contributed by atoms with Gasteiger partial charge in [-0.05, 0) is 44.9 Å². The van der Waals surface area contributed by atoms with Crippen LogP contribution in [-0.4, -0.2) is 24.4 Å². The van der Waals surface area contributed by atoms with Crippen molar-refractivity contribution < 1.29 is 9.47 Å². The molecule has 0 spiro atoms. The molecule has 1 rings (SSSR count). The monoisotopic (exact) mass is 623 g/mol. The van der Waals surface area contributed by atoms with Crippen molar-refractivity contribution in [3.05, 3.63) is 24.3 Å². The summed E-state index contributed by atoms with van der Waals surface area (Å²) in [6.45, 7) is 5.24. The predicted molar refractivity (Wildman–Crippen MR) is 192 cm³/mol. The van der Waals surface area contributed by atoms with E-state index in [0.29, 0.717) is 12.5 Å². The lowest BCUT2D eigenvalue weighted by molar-refractivity contribution is -0.177. The van der Waals surface area contributed by atoms with E-state index in [1.807, 2.05) is 0 Å². The van der Waals surface area contributed by atoms with Gasteiger partial charge in [0.15, 0.2) is 5.79 Å². The first kappa shape index (κ1) is 40.7. The van der Waals surface area contributed by atoms with Crippen LogP contribution in [0, 0.1) is 0 Å². The number of ether oxygens (including phenoxy) is 2. The molecule has 0 aromatic heterocycles. The van der Waals surface area contributed by atoms with Crippen molar-refractivity contribution >= 4 is 11.6 Å². The minimum Gasteiger partial charge on any atom is -0.347 e. The van der Waals surface area contributed by atoms with Gasteiger partial charge < -0.3 is 9.47 Å². The predicted octanol–water partition coefficient (Wildman–Crippen LogP) is 14.2. The van der Waals surface area contributed by atoms with Crippen molar-refractivity contribution in [3.8, 4) is 0 Å². The van der Waals surface area contributed by atoms with E-state index in [2.05, 4.69) is 38.2 Å². The molecule has 0 saturated carbocycles. The zero-order chi connectivity index (χ0) is 30.9. The molecule has 0 aromatic rings. The van der Waals surface area contributed by atoms with Crippen molar-refractivity contribution in [1.29, 1.82) is 0 Å². The van der Waals surface area contributed by atoms with E-state index in [1.54, 1.807) is 0 Å². The van der Waals surface area contributed by atoms with Crippen molar-refractivity contribution in [3.63, 3.8) is 0 Å². The highest BCUT2D eigenvalue weighted by Gasteiger charge is 2.40.